The number of hydrogen-bond donors (Lipinski definition) is 1. The number of anilines is 1. The van der Waals surface area contributed by atoms with Gasteiger partial charge in [-0.2, -0.15) is 0 Å². The molecule has 0 fully saturated rings. The van der Waals surface area contributed by atoms with Gasteiger partial charge in [0.1, 0.15) is 23.9 Å². The molecule has 0 atom stereocenters. The SMILES string of the molecule is CCOc1ccc(C(=O)Nc2cc(Cl)ccc2OC)cc1COc1ccc(C)cc1. The van der Waals surface area contributed by atoms with Gasteiger partial charge in [-0.25, -0.2) is 0 Å². The van der Waals surface area contributed by atoms with E-state index in [4.69, 9.17) is 25.8 Å². The Hall–Kier alpha value is -3.18. The molecule has 0 saturated heterocycles. The highest BCUT2D eigenvalue weighted by molar-refractivity contribution is 6.31. The van der Waals surface area contributed by atoms with Crippen molar-refractivity contribution in [3.63, 3.8) is 0 Å². The molecule has 0 aliphatic carbocycles. The van der Waals surface area contributed by atoms with Gasteiger partial charge in [0, 0.05) is 16.1 Å². The molecule has 0 spiro atoms. The monoisotopic (exact) mass is 425 g/mol. The Bertz CT molecular complexity index is 1020. The Morgan fingerprint density at radius 2 is 1.70 bits per heavy atom. The third kappa shape index (κ3) is 5.45. The van der Waals surface area contributed by atoms with E-state index in [1.807, 2.05) is 38.1 Å². The molecule has 3 aromatic rings. The fourth-order valence-corrected chi connectivity index (χ4v) is 3.07. The van der Waals surface area contributed by atoms with Gasteiger partial charge < -0.3 is 19.5 Å². The van der Waals surface area contributed by atoms with Gasteiger partial charge in [0.25, 0.3) is 5.91 Å². The molecule has 1 amide bonds. The van der Waals surface area contributed by atoms with Gasteiger partial charge in [0.05, 0.1) is 19.4 Å². The van der Waals surface area contributed by atoms with Crippen LogP contribution in [0.15, 0.2) is 60.7 Å². The minimum Gasteiger partial charge on any atom is -0.495 e. The molecule has 0 bridgehead atoms. The van der Waals surface area contributed by atoms with Crippen LogP contribution in [0.3, 0.4) is 0 Å². The van der Waals surface area contributed by atoms with Crippen molar-refractivity contribution >= 4 is 23.2 Å². The second-order valence-corrected chi connectivity index (χ2v) is 7.09. The highest BCUT2D eigenvalue weighted by atomic mass is 35.5. The number of aryl methyl sites for hydroxylation is 1. The molecule has 0 radical (unpaired) electrons. The minimum absolute atomic E-state index is 0.278. The summed E-state index contributed by atoms with van der Waals surface area (Å²) in [6, 6.07) is 18.1. The van der Waals surface area contributed by atoms with Crippen LogP contribution in [-0.2, 0) is 6.61 Å². The van der Waals surface area contributed by atoms with E-state index in [1.54, 1.807) is 36.4 Å². The van der Waals surface area contributed by atoms with Crippen LogP contribution in [0.1, 0.15) is 28.4 Å². The van der Waals surface area contributed by atoms with E-state index in [0.717, 1.165) is 16.9 Å². The molecule has 156 valence electrons. The van der Waals surface area contributed by atoms with E-state index in [9.17, 15) is 4.79 Å². The molecule has 0 unspecified atom stereocenters. The molecule has 0 aliphatic heterocycles. The van der Waals surface area contributed by atoms with Gasteiger partial charge in [-0.1, -0.05) is 29.3 Å². The van der Waals surface area contributed by atoms with E-state index < -0.39 is 0 Å². The summed E-state index contributed by atoms with van der Waals surface area (Å²) in [6.07, 6.45) is 0. The average molecular weight is 426 g/mol. The van der Waals surface area contributed by atoms with Crippen molar-refractivity contribution < 1.29 is 19.0 Å². The maximum absolute atomic E-state index is 12.8. The van der Waals surface area contributed by atoms with Crippen molar-refractivity contribution in [1.82, 2.24) is 0 Å². The summed E-state index contributed by atoms with van der Waals surface area (Å²) in [5.41, 5.74) is 2.92. The maximum Gasteiger partial charge on any atom is 0.255 e. The number of ether oxygens (including phenoxy) is 3. The first kappa shape index (κ1) is 21.5. The fourth-order valence-electron chi connectivity index (χ4n) is 2.90. The van der Waals surface area contributed by atoms with Gasteiger partial charge >= 0.3 is 0 Å². The third-order valence-corrected chi connectivity index (χ3v) is 4.68. The van der Waals surface area contributed by atoms with Crippen LogP contribution < -0.4 is 19.5 Å². The van der Waals surface area contributed by atoms with Crippen LogP contribution in [0.25, 0.3) is 0 Å². The van der Waals surface area contributed by atoms with Crippen molar-refractivity contribution in [3.05, 3.63) is 82.4 Å². The molecule has 1 N–H and O–H groups in total. The molecule has 3 rings (SSSR count). The van der Waals surface area contributed by atoms with Gasteiger partial charge in [-0.05, 0) is 62.4 Å². The zero-order valence-corrected chi connectivity index (χ0v) is 18.0. The fraction of sp³-hybridized carbons (Fsp3) is 0.208. The Kier molecular flexibility index (Phi) is 7.20. The second-order valence-electron chi connectivity index (χ2n) is 6.66. The van der Waals surface area contributed by atoms with Crippen LogP contribution in [0, 0.1) is 6.92 Å². The number of rotatable bonds is 8. The summed E-state index contributed by atoms with van der Waals surface area (Å²) < 4.78 is 16.9. The Balaban J connectivity index is 1.81. The molecule has 6 heteroatoms. The molecule has 30 heavy (non-hydrogen) atoms. The summed E-state index contributed by atoms with van der Waals surface area (Å²) in [5, 5.41) is 3.35. The number of carbonyl (C=O) groups excluding carboxylic acids is 1. The number of nitrogens with one attached hydrogen (secondary N) is 1. The van der Waals surface area contributed by atoms with Crippen LogP contribution in [0.5, 0.6) is 17.2 Å². The van der Waals surface area contributed by atoms with Gasteiger partial charge in [0.15, 0.2) is 0 Å². The van der Waals surface area contributed by atoms with Gasteiger partial charge in [-0.15, -0.1) is 0 Å². The normalized spacial score (nSPS) is 10.4. The number of hydrogen-bond acceptors (Lipinski definition) is 4. The molecule has 0 aliphatic rings. The molecular weight excluding hydrogens is 402 g/mol. The van der Waals surface area contributed by atoms with Crippen molar-refractivity contribution in [2.24, 2.45) is 0 Å². The lowest BCUT2D eigenvalue weighted by molar-refractivity contribution is 0.102. The first-order valence-electron chi connectivity index (χ1n) is 9.60. The van der Waals surface area contributed by atoms with E-state index in [0.29, 0.717) is 34.4 Å². The lowest BCUT2D eigenvalue weighted by Gasteiger charge is -2.14. The van der Waals surface area contributed by atoms with Crippen LogP contribution in [0.4, 0.5) is 5.69 Å². The van der Waals surface area contributed by atoms with E-state index in [-0.39, 0.29) is 12.5 Å². The molecular formula is C24H24ClNO4. The summed E-state index contributed by atoms with van der Waals surface area (Å²) in [4.78, 5) is 12.8. The largest absolute Gasteiger partial charge is 0.495 e. The Morgan fingerprint density at radius 1 is 0.967 bits per heavy atom. The van der Waals surface area contributed by atoms with Gasteiger partial charge in [-0.3, -0.25) is 4.79 Å². The third-order valence-electron chi connectivity index (χ3n) is 4.45. The number of methoxy groups -OCH3 is 1. The standard InChI is InChI=1S/C24H24ClNO4/c1-4-29-22-11-7-17(13-18(22)15-30-20-9-5-16(2)6-10-20)24(27)26-21-14-19(25)8-12-23(21)28-3/h5-14H,4,15H2,1-3H3,(H,26,27). The number of carbonyl (C=O) groups is 1. The zero-order valence-electron chi connectivity index (χ0n) is 17.2. The number of amides is 1. The lowest BCUT2D eigenvalue weighted by atomic mass is 10.1. The van der Waals surface area contributed by atoms with Gasteiger partial charge in [0.2, 0.25) is 0 Å². The van der Waals surface area contributed by atoms with Crippen LogP contribution in [-0.4, -0.2) is 19.6 Å². The summed E-state index contributed by atoms with van der Waals surface area (Å²) in [7, 11) is 1.54. The molecule has 3 aromatic carbocycles. The first-order valence-corrected chi connectivity index (χ1v) is 9.98. The smallest absolute Gasteiger partial charge is 0.255 e. The highest BCUT2D eigenvalue weighted by Gasteiger charge is 2.14. The first-order chi connectivity index (χ1) is 14.5. The Labute approximate surface area is 181 Å². The lowest BCUT2D eigenvalue weighted by Crippen LogP contribution is -2.13. The van der Waals surface area contributed by atoms with E-state index in [2.05, 4.69) is 5.32 Å². The summed E-state index contributed by atoms with van der Waals surface area (Å²) in [5.74, 6) is 1.68. The van der Waals surface area contributed by atoms with Crippen LogP contribution in [0.2, 0.25) is 5.02 Å². The number of benzene rings is 3. The second kappa shape index (κ2) is 10.0. The van der Waals surface area contributed by atoms with Crippen molar-refractivity contribution in [1.29, 1.82) is 0 Å². The number of halogens is 1. The van der Waals surface area contributed by atoms with Crippen LogP contribution >= 0.6 is 11.6 Å². The van der Waals surface area contributed by atoms with E-state index >= 15 is 0 Å². The predicted molar refractivity (Wildman–Crippen MR) is 119 cm³/mol. The maximum atomic E-state index is 12.8. The molecule has 5 nitrogen and oxygen atoms in total. The molecule has 0 aromatic heterocycles. The minimum atomic E-state index is -0.282. The molecule has 0 heterocycles. The predicted octanol–water partition coefficient (Wildman–Crippen LogP) is 5.89. The topological polar surface area (TPSA) is 56.8 Å². The zero-order chi connectivity index (χ0) is 21.5. The Morgan fingerprint density at radius 3 is 2.40 bits per heavy atom. The average Bonchev–Trinajstić information content (AvgIpc) is 2.74. The van der Waals surface area contributed by atoms with Crippen molar-refractivity contribution in [3.8, 4) is 17.2 Å². The van der Waals surface area contributed by atoms with E-state index in [1.165, 1.54) is 7.11 Å². The quantitative estimate of drug-likeness (QED) is 0.489. The van der Waals surface area contributed by atoms with Crippen molar-refractivity contribution in [2.45, 2.75) is 20.5 Å². The summed E-state index contributed by atoms with van der Waals surface area (Å²) in [6.45, 7) is 4.73. The molecule has 0 saturated carbocycles. The highest BCUT2D eigenvalue weighted by Crippen LogP contribution is 2.29. The van der Waals surface area contributed by atoms with Crippen molar-refractivity contribution in [2.75, 3.05) is 19.0 Å². The summed E-state index contributed by atoms with van der Waals surface area (Å²) >= 11 is 6.05.